The van der Waals surface area contributed by atoms with Gasteiger partial charge in [-0.1, -0.05) is 17.7 Å². The summed E-state index contributed by atoms with van der Waals surface area (Å²) in [5, 5.41) is 3.39. The Labute approximate surface area is 142 Å². The summed E-state index contributed by atoms with van der Waals surface area (Å²) in [7, 11) is -3.12. The van der Waals surface area contributed by atoms with E-state index < -0.39 is 10.0 Å². The van der Waals surface area contributed by atoms with Crippen LogP contribution in [0.4, 0.5) is 0 Å². The summed E-state index contributed by atoms with van der Waals surface area (Å²) in [6.45, 7) is 3.73. The lowest BCUT2D eigenvalue weighted by molar-refractivity contribution is 0.283. The summed E-state index contributed by atoms with van der Waals surface area (Å²) in [5.74, 6) is 0.605. The number of aromatic nitrogens is 1. The van der Waals surface area contributed by atoms with Gasteiger partial charge in [-0.05, 0) is 31.9 Å². The quantitative estimate of drug-likeness (QED) is 0.895. The molecular formula is C17H23N3O3S. The van der Waals surface area contributed by atoms with Crippen LogP contribution in [0, 0.1) is 6.92 Å². The molecule has 1 aliphatic heterocycles. The minimum Gasteiger partial charge on any atom is -0.444 e. The Morgan fingerprint density at radius 3 is 2.79 bits per heavy atom. The van der Waals surface area contributed by atoms with Crippen LogP contribution in [0.15, 0.2) is 34.9 Å². The molecule has 1 aromatic heterocycles. The highest BCUT2D eigenvalue weighted by Gasteiger charge is 2.25. The van der Waals surface area contributed by atoms with E-state index in [1.165, 1.54) is 16.1 Å². The minimum atomic E-state index is -3.12. The molecule has 1 N–H and O–H groups in total. The Morgan fingerprint density at radius 2 is 2.08 bits per heavy atom. The van der Waals surface area contributed by atoms with Gasteiger partial charge in [0.25, 0.3) is 0 Å². The third-order valence-electron chi connectivity index (χ3n) is 4.28. The van der Waals surface area contributed by atoms with Crippen LogP contribution in [0.5, 0.6) is 0 Å². The zero-order valence-corrected chi connectivity index (χ0v) is 14.8. The van der Waals surface area contributed by atoms with Crippen LogP contribution < -0.4 is 5.32 Å². The first-order valence-corrected chi connectivity index (χ1v) is 9.96. The van der Waals surface area contributed by atoms with Gasteiger partial charge in [0.05, 0.1) is 11.9 Å². The van der Waals surface area contributed by atoms with Crippen molar-refractivity contribution in [2.75, 3.05) is 19.3 Å². The molecule has 0 unspecified atom stereocenters. The van der Waals surface area contributed by atoms with Crippen LogP contribution in [0.1, 0.15) is 24.1 Å². The molecule has 2 aromatic rings. The van der Waals surface area contributed by atoms with Gasteiger partial charge in [-0.3, -0.25) is 0 Å². The highest BCUT2D eigenvalue weighted by Crippen LogP contribution is 2.19. The van der Waals surface area contributed by atoms with Crippen molar-refractivity contribution in [1.29, 1.82) is 0 Å². The smallest absolute Gasteiger partial charge is 0.226 e. The molecule has 1 saturated heterocycles. The lowest BCUT2D eigenvalue weighted by atomic mass is 10.1. The van der Waals surface area contributed by atoms with E-state index in [4.69, 9.17) is 4.42 Å². The fraction of sp³-hybridized carbons (Fsp3) is 0.471. The first-order chi connectivity index (χ1) is 11.4. The predicted molar refractivity (Wildman–Crippen MR) is 93.0 cm³/mol. The zero-order valence-electron chi connectivity index (χ0n) is 14.0. The van der Waals surface area contributed by atoms with Crippen molar-refractivity contribution in [3.8, 4) is 11.5 Å². The average Bonchev–Trinajstić information content (AvgIpc) is 3.02. The van der Waals surface area contributed by atoms with Crippen LogP contribution in [0.2, 0.25) is 0 Å². The van der Waals surface area contributed by atoms with Gasteiger partial charge in [0.1, 0.15) is 6.26 Å². The number of hydrogen-bond acceptors (Lipinski definition) is 5. The Bertz CT molecular complexity index is 784. The number of nitrogens with zero attached hydrogens (tertiary/aromatic N) is 2. The molecule has 7 heteroatoms. The molecule has 1 atom stereocenters. The number of rotatable bonds is 5. The number of sulfonamides is 1. The van der Waals surface area contributed by atoms with E-state index >= 15 is 0 Å². The van der Waals surface area contributed by atoms with Crippen molar-refractivity contribution in [2.24, 2.45) is 0 Å². The highest BCUT2D eigenvalue weighted by molar-refractivity contribution is 7.88. The lowest BCUT2D eigenvalue weighted by Crippen LogP contribution is -2.47. The van der Waals surface area contributed by atoms with Crippen molar-refractivity contribution in [1.82, 2.24) is 14.6 Å². The maximum Gasteiger partial charge on any atom is 0.226 e. The normalized spacial score (nSPS) is 19.5. The molecule has 1 aliphatic rings. The van der Waals surface area contributed by atoms with E-state index in [0.717, 1.165) is 24.1 Å². The van der Waals surface area contributed by atoms with E-state index in [9.17, 15) is 8.42 Å². The molecule has 1 fully saturated rings. The molecule has 0 saturated carbocycles. The average molecular weight is 349 g/mol. The fourth-order valence-corrected chi connectivity index (χ4v) is 3.79. The number of oxazole rings is 1. The van der Waals surface area contributed by atoms with Crippen LogP contribution in [-0.2, 0) is 16.6 Å². The van der Waals surface area contributed by atoms with Crippen LogP contribution in [0.3, 0.4) is 0 Å². The van der Waals surface area contributed by atoms with Gasteiger partial charge < -0.3 is 9.73 Å². The second-order valence-electron chi connectivity index (χ2n) is 6.35. The minimum absolute atomic E-state index is 0.146. The van der Waals surface area contributed by atoms with Crippen molar-refractivity contribution >= 4 is 10.0 Å². The maximum absolute atomic E-state index is 11.7. The number of benzene rings is 1. The summed E-state index contributed by atoms with van der Waals surface area (Å²) in [6.07, 6.45) is 4.76. The van der Waals surface area contributed by atoms with Gasteiger partial charge >= 0.3 is 0 Å². The monoisotopic (exact) mass is 349 g/mol. The second kappa shape index (κ2) is 7.04. The van der Waals surface area contributed by atoms with E-state index in [1.807, 2.05) is 31.2 Å². The first kappa shape index (κ1) is 17.1. The molecule has 24 heavy (non-hydrogen) atoms. The topological polar surface area (TPSA) is 75.4 Å². The predicted octanol–water partition coefficient (Wildman–Crippen LogP) is 2.16. The first-order valence-electron chi connectivity index (χ1n) is 8.12. The summed E-state index contributed by atoms with van der Waals surface area (Å²) in [6, 6.07) is 8.18. The second-order valence-corrected chi connectivity index (χ2v) is 8.33. The van der Waals surface area contributed by atoms with Crippen molar-refractivity contribution in [3.05, 3.63) is 41.8 Å². The molecule has 0 bridgehead atoms. The van der Waals surface area contributed by atoms with Gasteiger partial charge in [-0.25, -0.2) is 17.7 Å². The Balaban J connectivity index is 1.58. The van der Waals surface area contributed by atoms with E-state index in [2.05, 4.69) is 10.3 Å². The number of piperidine rings is 1. The highest BCUT2D eigenvalue weighted by atomic mass is 32.2. The fourth-order valence-electron chi connectivity index (χ4n) is 2.88. The van der Waals surface area contributed by atoms with Crippen molar-refractivity contribution in [2.45, 2.75) is 32.4 Å². The molecule has 0 aliphatic carbocycles. The number of hydrogen-bond donors (Lipinski definition) is 1. The van der Waals surface area contributed by atoms with Crippen LogP contribution >= 0.6 is 0 Å². The Morgan fingerprint density at radius 1 is 1.33 bits per heavy atom. The molecule has 2 heterocycles. The van der Waals surface area contributed by atoms with Gasteiger partial charge in [0.15, 0.2) is 0 Å². The maximum atomic E-state index is 11.7. The third-order valence-corrected chi connectivity index (χ3v) is 5.54. The van der Waals surface area contributed by atoms with Crippen molar-refractivity contribution < 1.29 is 12.8 Å². The standard InChI is InChI=1S/C17H23N3O3S/c1-13-5-7-14(8-6-13)17-19-16(12-23-17)10-18-15-4-3-9-20(11-15)24(2,21)22/h5-8,12,15,18H,3-4,9-11H2,1-2H3/t15-/m0/s1. The Kier molecular flexibility index (Phi) is 5.03. The van der Waals surface area contributed by atoms with Gasteiger partial charge in [-0.2, -0.15) is 0 Å². The van der Waals surface area contributed by atoms with Crippen LogP contribution in [0.25, 0.3) is 11.5 Å². The van der Waals surface area contributed by atoms with E-state index in [1.54, 1.807) is 6.26 Å². The number of aryl methyl sites for hydroxylation is 1. The van der Waals surface area contributed by atoms with Crippen LogP contribution in [-0.4, -0.2) is 43.1 Å². The summed E-state index contributed by atoms with van der Waals surface area (Å²) in [5.41, 5.74) is 2.97. The molecule has 0 radical (unpaired) electrons. The molecule has 1 aromatic carbocycles. The Hall–Kier alpha value is -1.70. The molecular weight excluding hydrogens is 326 g/mol. The molecule has 130 valence electrons. The van der Waals surface area contributed by atoms with Crippen molar-refractivity contribution in [3.63, 3.8) is 0 Å². The largest absolute Gasteiger partial charge is 0.444 e. The molecule has 0 amide bonds. The molecule has 0 spiro atoms. The molecule has 3 rings (SSSR count). The lowest BCUT2D eigenvalue weighted by Gasteiger charge is -2.31. The van der Waals surface area contributed by atoms with Gasteiger partial charge in [-0.15, -0.1) is 0 Å². The summed E-state index contributed by atoms with van der Waals surface area (Å²) in [4.78, 5) is 4.50. The van der Waals surface area contributed by atoms with Gasteiger partial charge in [0.2, 0.25) is 15.9 Å². The molecule has 6 nitrogen and oxygen atoms in total. The van der Waals surface area contributed by atoms with E-state index in [-0.39, 0.29) is 6.04 Å². The zero-order chi connectivity index (χ0) is 17.2. The van der Waals surface area contributed by atoms with Gasteiger partial charge in [0, 0.05) is 31.2 Å². The SMILES string of the molecule is Cc1ccc(-c2nc(CN[C@H]3CCCN(S(C)(=O)=O)C3)co2)cc1. The summed E-state index contributed by atoms with van der Waals surface area (Å²) < 4.78 is 30.4. The third kappa shape index (κ3) is 4.23. The number of nitrogens with one attached hydrogen (secondary N) is 1. The van der Waals surface area contributed by atoms with E-state index in [0.29, 0.717) is 25.5 Å². The summed E-state index contributed by atoms with van der Waals surface area (Å²) >= 11 is 0.